The lowest BCUT2D eigenvalue weighted by Crippen LogP contribution is -2.20. The summed E-state index contributed by atoms with van der Waals surface area (Å²) in [6.07, 6.45) is 5.98. The molecule has 0 saturated carbocycles. The van der Waals surface area contributed by atoms with Crippen molar-refractivity contribution in [2.75, 3.05) is 4.90 Å². The fourth-order valence-electron chi connectivity index (χ4n) is 2.49. The molecule has 94 valence electrons. The summed E-state index contributed by atoms with van der Waals surface area (Å²) in [6, 6.07) is 16.3. The molecule has 0 spiro atoms. The number of nitrogens with zero attached hydrogens (tertiary/aromatic N) is 1. The van der Waals surface area contributed by atoms with Crippen molar-refractivity contribution in [3.05, 3.63) is 77.5 Å². The predicted molar refractivity (Wildman–Crippen MR) is 77.3 cm³/mol. The lowest BCUT2D eigenvalue weighted by atomic mass is 9.99. The Hall–Kier alpha value is -2.35. The van der Waals surface area contributed by atoms with E-state index >= 15 is 0 Å². The first-order chi connectivity index (χ1) is 9.38. The van der Waals surface area contributed by atoms with Crippen LogP contribution in [0.5, 0.6) is 0 Å². The number of allylic oxidation sites excluding steroid dienone is 1. The first-order valence-corrected chi connectivity index (χ1v) is 6.43. The number of fused-ring (bicyclic) bond motifs is 1. The molecule has 1 aliphatic rings. The minimum absolute atomic E-state index is 0.792. The number of anilines is 1. The van der Waals surface area contributed by atoms with Gasteiger partial charge in [-0.3, -0.25) is 4.79 Å². The van der Waals surface area contributed by atoms with Gasteiger partial charge in [-0.05, 0) is 23.6 Å². The first-order valence-electron chi connectivity index (χ1n) is 6.43. The Morgan fingerprint density at radius 2 is 1.89 bits per heavy atom. The average molecular weight is 249 g/mol. The monoisotopic (exact) mass is 249 g/mol. The Labute approximate surface area is 113 Å². The molecule has 2 heteroatoms. The number of carbonyl (C=O) groups is 1. The van der Waals surface area contributed by atoms with E-state index in [0.717, 1.165) is 36.1 Å². The second kappa shape index (κ2) is 5.11. The summed E-state index contributed by atoms with van der Waals surface area (Å²) in [4.78, 5) is 13.3. The van der Waals surface area contributed by atoms with E-state index < -0.39 is 0 Å². The van der Waals surface area contributed by atoms with E-state index in [1.807, 2.05) is 30.3 Å². The van der Waals surface area contributed by atoms with Crippen LogP contribution in [0.2, 0.25) is 0 Å². The van der Waals surface area contributed by atoms with Crippen molar-refractivity contribution in [1.29, 1.82) is 0 Å². The number of benzene rings is 2. The van der Waals surface area contributed by atoms with Gasteiger partial charge in [-0.25, -0.2) is 0 Å². The van der Waals surface area contributed by atoms with Crippen LogP contribution >= 0.6 is 0 Å². The van der Waals surface area contributed by atoms with Crippen LogP contribution in [0.1, 0.15) is 21.5 Å². The molecule has 0 fully saturated rings. The molecule has 0 N–H and O–H groups in total. The maximum Gasteiger partial charge on any atom is 0.150 e. The second-order valence-electron chi connectivity index (χ2n) is 4.67. The third-order valence-electron chi connectivity index (χ3n) is 3.43. The normalized spacial score (nSPS) is 13.2. The minimum Gasteiger partial charge on any atom is -0.344 e. The third-order valence-corrected chi connectivity index (χ3v) is 3.43. The summed E-state index contributed by atoms with van der Waals surface area (Å²) in [6.45, 7) is 0.826. The van der Waals surface area contributed by atoms with E-state index in [2.05, 4.69) is 35.4 Å². The van der Waals surface area contributed by atoms with Crippen molar-refractivity contribution >= 4 is 12.0 Å². The highest BCUT2D eigenvalue weighted by Gasteiger charge is 2.15. The Morgan fingerprint density at radius 3 is 2.68 bits per heavy atom. The van der Waals surface area contributed by atoms with Crippen LogP contribution in [0.25, 0.3) is 0 Å². The van der Waals surface area contributed by atoms with E-state index in [0.29, 0.717) is 0 Å². The summed E-state index contributed by atoms with van der Waals surface area (Å²) in [5.74, 6) is 0. The van der Waals surface area contributed by atoms with Gasteiger partial charge in [0.2, 0.25) is 0 Å². The largest absolute Gasteiger partial charge is 0.344 e. The Morgan fingerprint density at radius 1 is 1.05 bits per heavy atom. The lowest BCUT2D eigenvalue weighted by Gasteiger charge is -2.27. The van der Waals surface area contributed by atoms with Gasteiger partial charge in [-0.2, -0.15) is 0 Å². The Bertz CT molecular complexity index is 616. The van der Waals surface area contributed by atoms with E-state index in [1.54, 1.807) is 0 Å². The molecule has 0 unspecified atom stereocenters. The van der Waals surface area contributed by atoms with Gasteiger partial charge in [0.05, 0.1) is 0 Å². The van der Waals surface area contributed by atoms with E-state index in [9.17, 15) is 4.79 Å². The molecule has 2 nitrogen and oxygen atoms in total. The smallest absolute Gasteiger partial charge is 0.150 e. The maximum atomic E-state index is 11.1. The molecule has 19 heavy (non-hydrogen) atoms. The molecule has 1 heterocycles. The fourth-order valence-corrected chi connectivity index (χ4v) is 2.49. The Balaban J connectivity index is 1.95. The van der Waals surface area contributed by atoms with Crippen LogP contribution in [0.15, 0.2) is 60.8 Å². The summed E-state index contributed by atoms with van der Waals surface area (Å²) in [5, 5.41) is 0. The molecule has 0 aliphatic carbocycles. The van der Waals surface area contributed by atoms with Crippen molar-refractivity contribution in [3.8, 4) is 0 Å². The van der Waals surface area contributed by atoms with Crippen LogP contribution in [0.3, 0.4) is 0 Å². The first kappa shape index (κ1) is 11.7. The molecular formula is C17H15NO. The summed E-state index contributed by atoms with van der Waals surface area (Å²) >= 11 is 0. The zero-order chi connectivity index (χ0) is 13.1. The molecule has 2 aromatic rings. The number of hydrogen-bond donors (Lipinski definition) is 0. The highest BCUT2D eigenvalue weighted by atomic mass is 16.1. The Kier molecular flexibility index (Phi) is 3.15. The summed E-state index contributed by atoms with van der Waals surface area (Å²) < 4.78 is 0. The zero-order valence-electron chi connectivity index (χ0n) is 10.6. The molecule has 2 aromatic carbocycles. The highest BCUT2D eigenvalue weighted by Crippen LogP contribution is 2.29. The van der Waals surface area contributed by atoms with Gasteiger partial charge in [0, 0.05) is 24.0 Å². The average Bonchev–Trinajstić information content (AvgIpc) is 2.48. The van der Waals surface area contributed by atoms with Gasteiger partial charge in [0.1, 0.15) is 6.29 Å². The van der Waals surface area contributed by atoms with Crippen molar-refractivity contribution in [3.63, 3.8) is 0 Å². The molecular weight excluding hydrogens is 234 g/mol. The topological polar surface area (TPSA) is 20.3 Å². The maximum absolute atomic E-state index is 11.1. The van der Waals surface area contributed by atoms with Crippen LogP contribution < -0.4 is 4.90 Å². The van der Waals surface area contributed by atoms with Crippen LogP contribution in [0, 0.1) is 0 Å². The van der Waals surface area contributed by atoms with Crippen molar-refractivity contribution in [1.82, 2.24) is 0 Å². The van der Waals surface area contributed by atoms with Crippen LogP contribution in [-0.2, 0) is 13.0 Å². The molecule has 0 saturated heterocycles. The van der Waals surface area contributed by atoms with Crippen molar-refractivity contribution in [2.45, 2.75) is 13.0 Å². The number of hydrogen-bond acceptors (Lipinski definition) is 2. The van der Waals surface area contributed by atoms with Crippen LogP contribution in [0.4, 0.5) is 5.69 Å². The second-order valence-corrected chi connectivity index (χ2v) is 4.67. The molecule has 0 radical (unpaired) electrons. The number of carbonyl (C=O) groups excluding carboxylic acids is 1. The van der Waals surface area contributed by atoms with E-state index in [-0.39, 0.29) is 0 Å². The molecule has 0 bridgehead atoms. The number of aldehydes is 1. The highest BCUT2D eigenvalue weighted by molar-refractivity contribution is 5.82. The van der Waals surface area contributed by atoms with Crippen molar-refractivity contribution in [2.24, 2.45) is 0 Å². The molecule has 0 aromatic heterocycles. The van der Waals surface area contributed by atoms with E-state index in [1.165, 1.54) is 5.56 Å². The van der Waals surface area contributed by atoms with E-state index in [4.69, 9.17) is 0 Å². The van der Waals surface area contributed by atoms with Crippen molar-refractivity contribution < 1.29 is 4.79 Å². The standard InChI is InChI=1S/C17H15NO/c19-13-15-8-4-10-17-16(15)9-5-11-18(17)12-14-6-2-1-3-7-14/h1-8,10-11,13H,9,12H2. The summed E-state index contributed by atoms with van der Waals surface area (Å²) in [7, 11) is 0. The molecule has 0 atom stereocenters. The van der Waals surface area contributed by atoms with Gasteiger partial charge in [0.15, 0.2) is 0 Å². The molecule has 1 aliphatic heterocycles. The lowest BCUT2D eigenvalue weighted by molar-refractivity contribution is 0.112. The van der Waals surface area contributed by atoms with Gasteiger partial charge in [0.25, 0.3) is 0 Å². The quantitative estimate of drug-likeness (QED) is 0.775. The fraction of sp³-hybridized carbons (Fsp3) is 0.118. The van der Waals surface area contributed by atoms with Gasteiger partial charge < -0.3 is 4.90 Å². The number of rotatable bonds is 3. The predicted octanol–water partition coefficient (Wildman–Crippen LogP) is 3.58. The zero-order valence-corrected chi connectivity index (χ0v) is 10.6. The summed E-state index contributed by atoms with van der Waals surface area (Å²) in [5.41, 5.74) is 4.31. The van der Waals surface area contributed by atoms with Crippen LogP contribution in [-0.4, -0.2) is 6.29 Å². The molecule has 3 rings (SSSR count). The third kappa shape index (κ3) is 2.29. The molecule has 0 amide bonds. The van der Waals surface area contributed by atoms with Gasteiger partial charge in [-0.15, -0.1) is 0 Å². The van der Waals surface area contributed by atoms with Gasteiger partial charge in [-0.1, -0.05) is 48.5 Å². The SMILES string of the molecule is O=Cc1cccc2c1CC=CN2Cc1ccccc1. The van der Waals surface area contributed by atoms with Gasteiger partial charge >= 0.3 is 0 Å². The minimum atomic E-state index is 0.792.